The first-order valence-electron chi connectivity index (χ1n) is 9.85. The van der Waals surface area contributed by atoms with Crippen molar-refractivity contribution in [2.45, 2.75) is 64.1 Å². The van der Waals surface area contributed by atoms with E-state index in [1.165, 1.54) is 57.3 Å². The Morgan fingerprint density at radius 3 is 2.39 bits per heavy atom. The lowest BCUT2D eigenvalue weighted by Crippen LogP contribution is -2.49. The molecule has 0 unspecified atom stereocenters. The number of benzene rings is 1. The standard InChI is InChI=1S/C21H32N2/c1-2-22(16-17-6-4-3-5-7-17)20-10-12-23(13-11-20)21-15-18-8-9-19(21)14-18/h3-7,18-21H,2,8-16H2,1H3/t18-,19-,21-/m1/s1. The van der Waals surface area contributed by atoms with E-state index in [0.29, 0.717) is 0 Å². The minimum Gasteiger partial charge on any atom is -0.300 e. The monoisotopic (exact) mass is 312 g/mol. The average molecular weight is 313 g/mol. The molecule has 0 radical (unpaired) electrons. The number of nitrogens with zero attached hydrogens (tertiary/aromatic N) is 2. The van der Waals surface area contributed by atoms with Crippen LogP contribution in [-0.2, 0) is 6.54 Å². The van der Waals surface area contributed by atoms with Crippen molar-refractivity contribution in [3.8, 4) is 0 Å². The molecule has 3 fully saturated rings. The number of fused-ring (bicyclic) bond motifs is 2. The summed E-state index contributed by atoms with van der Waals surface area (Å²) in [6, 6.07) is 12.7. The highest BCUT2D eigenvalue weighted by Crippen LogP contribution is 2.47. The second-order valence-corrected chi connectivity index (χ2v) is 8.06. The number of piperidine rings is 1. The van der Waals surface area contributed by atoms with Crippen LogP contribution in [0.1, 0.15) is 51.0 Å². The van der Waals surface area contributed by atoms with Crippen molar-refractivity contribution < 1.29 is 0 Å². The van der Waals surface area contributed by atoms with Crippen LogP contribution in [0.25, 0.3) is 0 Å². The van der Waals surface area contributed by atoms with Gasteiger partial charge in [0.15, 0.2) is 0 Å². The Morgan fingerprint density at radius 2 is 1.78 bits per heavy atom. The topological polar surface area (TPSA) is 6.48 Å². The molecule has 23 heavy (non-hydrogen) atoms. The molecule has 0 N–H and O–H groups in total. The molecule has 2 aliphatic carbocycles. The van der Waals surface area contributed by atoms with E-state index < -0.39 is 0 Å². The second-order valence-electron chi connectivity index (χ2n) is 8.06. The van der Waals surface area contributed by atoms with Gasteiger partial charge in [-0.2, -0.15) is 0 Å². The highest BCUT2D eigenvalue weighted by Gasteiger charge is 2.43. The smallest absolute Gasteiger partial charge is 0.0236 e. The Bertz CT molecular complexity index is 492. The Balaban J connectivity index is 1.31. The van der Waals surface area contributed by atoms with E-state index in [0.717, 1.165) is 30.5 Å². The van der Waals surface area contributed by atoms with E-state index in [4.69, 9.17) is 0 Å². The molecule has 0 spiro atoms. The largest absolute Gasteiger partial charge is 0.300 e. The van der Waals surface area contributed by atoms with Crippen LogP contribution in [0.2, 0.25) is 0 Å². The Labute approximate surface area is 141 Å². The van der Waals surface area contributed by atoms with Crippen molar-refractivity contribution in [2.24, 2.45) is 11.8 Å². The van der Waals surface area contributed by atoms with Gasteiger partial charge >= 0.3 is 0 Å². The van der Waals surface area contributed by atoms with Crippen molar-refractivity contribution in [3.05, 3.63) is 35.9 Å². The van der Waals surface area contributed by atoms with Crippen LogP contribution in [0.15, 0.2) is 30.3 Å². The molecule has 2 heteroatoms. The van der Waals surface area contributed by atoms with Crippen molar-refractivity contribution in [2.75, 3.05) is 19.6 Å². The fourth-order valence-electron chi connectivity index (χ4n) is 5.56. The molecule has 1 aliphatic heterocycles. The highest BCUT2D eigenvalue weighted by atomic mass is 15.2. The van der Waals surface area contributed by atoms with Gasteiger partial charge in [-0.25, -0.2) is 0 Å². The van der Waals surface area contributed by atoms with E-state index in [2.05, 4.69) is 47.1 Å². The normalized spacial score (nSPS) is 32.0. The van der Waals surface area contributed by atoms with Crippen LogP contribution in [0, 0.1) is 11.8 Å². The van der Waals surface area contributed by atoms with Crippen LogP contribution < -0.4 is 0 Å². The minimum absolute atomic E-state index is 0.787. The van der Waals surface area contributed by atoms with Crippen molar-refractivity contribution in [1.82, 2.24) is 9.80 Å². The summed E-state index contributed by atoms with van der Waals surface area (Å²) in [5.41, 5.74) is 1.46. The second kappa shape index (κ2) is 6.94. The first-order valence-corrected chi connectivity index (χ1v) is 9.85. The molecule has 1 saturated heterocycles. The van der Waals surface area contributed by atoms with Gasteiger partial charge in [0, 0.05) is 18.6 Å². The Kier molecular flexibility index (Phi) is 4.73. The van der Waals surface area contributed by atoms with Gasteiger partial charge < -0.3 is 0 Å². The maximum absolute atomic E-state index is 2.86. The molecule has 2 saturated carbocycles. The van der Waals surface area contributed by atoms with Gasteiger partial charge in [-0.1, -0.05) is 43.7 Å². The van der Waals surface area contributed by atoms with Crippen LogP contribution in [0.5, 0.6) is 0 Å². The first-order chi connectivity index (χ1) is 11.3. The molecular formula is C21H32N2. The predicted molar refractivity (Wildman–Crippen MR) is 96.4 cm³/mol. The fraction of sp³-hybridized carbons (Fsp3) is 0.714. The van der Waals surface area contributed by atoms with Crippen LogP contribution >= 0.6 is 0 Å². The lowest BCUT2D eigenvalue weighted by atomic mass is 9.91. The van der Waals surface area contributed by atoms with Crippen molar-refractivity contribution in [1.29, 1.82) is 0 Å². The summed E-state index contributed by atoms with van der Waals surface area (Å²) in [6.07, 6.45) is 8.84. The molecule has 2 nitrogen and oxygen atoms in total. The zero-order valence-corrected chi connectivity index (χ0v) is 14.7. The summed E-state index contributed by atoms with van der Waals surface area (Å²) in [5, 5.41) is 0. The van der Waals surface area contributed by atoms with Gasteiger partial charge in [0.2, 0.25) is 0 Å². The number of rotatable bonds is 5. The number of hydrogen-bond acceptors (Lipinski definition) is 2. The third-order valence-electron chi connectivity index (χ3n) is 6.82. The lowest BCUT2D eigenvalue weighted by Gasteiger charge is -2.42. The van der Waals surface area contributed by atoms with Gasteiger partial charge in [0.05, 0.1) is 0 Å². The molecule has 2 bridgehead atoms. The third-order valence-corrected chi connectivity index (χ3v) is 6.82. The lowest BCUT2D eigenvalue weighted by molar-refractivity contribution is 0.0631. The summed E-state index contributed by atoms with van der Waals surface area (Å²) < 4.78 is 0. The molecule has 0 aromatic heterocycles. The quantitative estimate of drug-likeness (QED) is 0.805. The average Bonchev–Trinajstić information content (AvgIpc) is 3.24. The van der Waals surface area contributed by atoms with E-state index in [9.17, 15) is 0 Å². The fourth-order valence-corrected chi connectivity index (χ4v) is 5.56. The van der Waals surface area contributed by atoms with Gasteiger partial charge in [0.1, 0.15) is 0 Å². The summed E-state index contributed by atoms with van der Waals surface area (Å²) in [7, 11) is 0. The number of hydrogen-bond donors (Lipinski definition) is 0. The highest BCUT2D eigenvalue weighted by molar-refractivity contribution is 5.14. The molecule has 1 heterocycles. The Morgan fingerprint density at radius 1 is 1.00 bits per heavy atom. The summed E-state index contributed by atoms with van der Waals surface area (Å²) >= 11 is 0. The zero-order valence-electron chi connectivity index (χ0n) is 14.7. The van der Waals surface area contributed by atoms with Crippen LogP contribution in [0.3, 0.4) is 0 Å². The molecule has 126 valence electrons. The maximum atomic E-state index is 2.86. The summed E-state index contributed by atoms with van der Waals surface area (Å²) in [5.74, 6) is 2.12. The van der Waals surface area contributed by atoms with Gasteiger partial charge in [-0.15, -0.1) is 0 Å². The maximum Gasteiger partial charge on any atom is 0.0236 e. The van der Waals surface area contributed by atoms with Gasteiger partial charge in [-0.05, 0) is 69.1 Å². The third kappa shape index (κ3) is 3.34. The zero-order chi connectivity index (χ0) is 15.6. The van der Waals surface area contributed by atoms with E-state index in [-0.39, 0.29) is 0 Å². The Hall–Kier alpha value is -0.860. The summed E-state index contributed by atoms with van der Waals surface area (Å²) in [4.78, 5) is 5.56. The number of likely N-dealkylation sites (tertiary alicyclic amines) is 1. The van der Waals surface area contributed by atoms with Crippen molar-refractivity contribution >= 4 is 0 Å². The molecule has 3 atom stereocenters. The predicted octanol–water partition coefficient (Wildman–Crippen LogP) is 4.16. The van der Waals surface area contributed by atoms with E-state index in [1.807, 2.05) is 0 Å². The molecule has 0 amide bonds. The molecular weight excluding hydrogens is 280 g/mol. The molecule has 3 aliphatic rings. The van der Waals surface area contributed by atoms with Crippen LogP contribution in [0.4, 0.5) is 0 Å². The van der Waals surface area contributed by atoms with Crippen molar-refractivity contribution in [3.63, 3.8) is 0 Å². The van der Waals surface area contributed by atoms with Gasteiger partial charge in [-0.3, -0.25) is 9.80 Å². The minimum atomic E-state index is 0.787. The van der Waals surface area contributed by atoms with Crippen LogP contribution in [-0.4, -0.2) is 41.5 Å². The van der Waals surface area contributed by atoms with Gasteiger partial charge in [0.25, 0.3) is 0 Å². The SMILES string of the molecule is CCN(Cc1ccccc1)C1CCN([C@@H]2C[C@@H]3CC[C@@H]2C3)CC1. The summed E-state index contributed by atoms with van der Waals surface area (Å²) in [6.45, 7) is 7.29. The van der Waals surface area contributed by atoms with E-state index in [1.54, 1.807) is 6.42 Å². The molecule has 1 aromatic carbocycles. The molecule has 1 aromatic rings. The first kappa shape index (κ1) is 15.7. The molecule has 4 rings (SSSR count). The van der Waals surface area contributed by atoms with E-state index >= 15 is 0 Å².